The predicted molar refractivity (Wildman–Crippen MR) is 119 cm³/mol. The van der Waals surface area contributed by atoms with Crippen LogP contribution in [0.15, 0.2) is 34.2 Å². The highest BCUT2D eigenvalue weighted by Crippen LogP contribution is 2.23. The summed E-state index contributed by atoms with van der Waals surface area (Å²) in [6, 6.07) is 5.87. The first-order valence-corrected chi connectivity index (χ1v) is 12.3. The van der Waals surface area contributed by atoms with E-state index in [1.165, 1.54) is 6.07 Å². The molecule has 1 fully saturated rings. The van der Waals surface area contributed by atoms with Gasteiger partial charge in [0, 0.05) is 31.1 Å². The normalized spacial score (nSPS) is 20.6. The molecular weight excluding hydrogens is 416 g/mol. The van der Waals surface area contributed by atoms with Crippen LogP contribution in [-0.4, -0.2) is 56.1 Å². The Morgan fingerprint density at radius 3 is 2.42 bits per heavy atom. The third-order valence-corrected chi connectivity index (χ3v) is 7.01. The number of sulfonamides is 1. The first-order valence-electron chi connectivity index (χ1n) is 10.9. The number of rotatable bonds is 6. The monoisotopic (exact) mass is 448 g/mol. The van der Waals surface area contributed by atoms with Crippen LogP contribution in [-0.2, 0) is 19.6 Å². The van der Waals surface area contributed by atoms with E-state index < -0.39 is 16.1 Å². The Labute approximate surface area is 184 Å². The number of fused-ring (bicyclic) bond motifs is 1. The smallest absolute Gasteiger partial charge is 0.263 e. The summed E-state index contributed by atoms with van der Waals surface area (Å²) in [6.07, 6.45) is 1.94. The Balaban J connectivity index is 1.67. The molecule has 3 rings (SSSR count). The number of benzene rings is 1. The van der Waals surface area contributed by atoms with Crippen LogP contribution < -0.4 is 10.0 Å². The van der Waals surface area contributed by atoms with E-state index in [0.29, 0.717) is 43.8 Å². The van der Waals surface area contributed by atoms with Crippen LogP contribution in [0.3, 0.4) is 0 Å². The Morgan fingerprint density at radius 1 is 1.16 bits per heavy atom. The van der Waals surface area contributed by atoms with Crippen molar-refractivity contribution < 1.29 is 18.0 Å². The Hall–Kier alpha value is -2.42. The van der Waals surface area contributed by atoms with Gasteiger partial charge in [-0.15, -0.1) is 0 Å². The molecule has 1 atom stereocenters. The van der Waals surface area contributed by atoms with Gasteiger partial charge in [0.1, 0.15) is 11.9 Å². The molecule has 0 unspecified atom stereocenters. The van der Waals surface area contributed by atoms with E-state index in [-0.39, 0.29) is 34.5 Å². The van der Waals surface area contributed by atoms with Crippen molar-refractivity contribution in [2.75, 3.05) is 13.1 Å². The number of nitrogens with one attached hydrogen (secondary N) is 2. The van der Waals surface area contributed by atoms with Gasteiger partial charge in [-0.1, -0.05) is 39.8 Å². The molecule has 0 aromatic heterocycles. The highest BCUT2D eigenvalue weighted by atomic mass is 32.2. The maximum absolute atomic E-state index is 13.0. The van der Waals surface area contributed by atoms with Crippen molar-refractivity contribution >= 4 is 27.7 Å². The minimum Gasteiger partial charge on any atom is -0.351 e. The summed E-state index contributed by atoms with van der Waals surface area (Å²) >= 11 is 0. The lowest BCUT2D eigenvalue weighted by molar-refractivity contribution is -0.133. The van der Waals surface area contributed by atoms with Crippen molar-refractivity contribution in [1.82, 2.24) is 14.9 Å². The zero-order valence-electron chi connectivity index (χ0n) is 18.6. The molecule has 1 aromatic carbocycles. The summed E-state index contributed by atoms with van der Waals surface area (Å²) in [5, 5.41) is 3.06. The lowest BCUT2D eigenvalue weighted by Gasteiger charge is -2.33. The third kappa shape index (κ3) is 5.44. The Morgan fingerprint density at radius 2 is 1.81 bits per heavy atom. The van der Waals surface area contributed by atoms with Crippen LogP contribution in [0.25, 0.3) is 0 Å². The molecule has 0 spiro atoms. The van der Waals surface area contributed by atoms with Crippen molar-refractivity contribution in [3.63, 3.8) is 0 Å². The fraction of sp³-hybridized carbons (Fsp3) is 0.591. The minimum atomic E-state index is -3.65. The third-order valence-electron chi connectivity index (χ3n) is 5.61. The number of aliphatic imine (C=N–C) groups is 1. The highest BCUT2D eigenvalue weighted by molar-refractivity contribution is 7.90. The number of nitrogens with zero attached hydrogens (tertiary/aromatic N) is 2. The second-order valence-electron chi connectivity index (χ2n) is 9.03. The zero-order chi connectivity index (χ0) is 22.8. The van der Waals surface area contributed by atoms with E-state index >= 15 is 0 Å². The van der Waals surface area contributed by atoms with Gasteiger partial charge in [-0.2, -0.15) is 0 Å². The van der Waals surface area contributed by atoms with E-state index in [9.17, 15) is 18.0 Å². The number of amides is 2. The summed E-state index contributed by atoms with van der Waals surface area (Å²) in [5.74, 6) is 0.362. The maximum Gasteiger partial charge on any atom is 0.263 e. The molecule has 0 aliphatic carbocycles. The topological polar surface area (TPSA) is 108 Å². The molecule has 9 heteroatoms. The molecule has 2 aliphatic heterocycles. The lowest BCUT2D eigenvalue weighted by Crippen LogP contribution is -2.49. The average molecular weight is 449 g/mol. The summed E-state index contributed by atoms with van der Waals surface area (Å²) in [4.78, 5) is 31.8. The predicted octanol–water partition coefficient (Wildman–Crippen LogP) is 1.90. The summed E-state index contributed by atoms with van der Waals surface area (Å²) < 4.78 is 27.1. The van der Waals surface area contributed by atoms with Crippen LogP contribution in [0.1, 0.15) is 52.5 Å². The number of piperidine rings is 1. The molecular formula is C22H32N4O4S. The van der Waals surface area contributed by atoms with E-state index in [4.69, 9.17) is 0 Å². The van der Waals surface area contributed by atoms with Gasteiger partial charge in [0.25, 0.3) is 10.0 Å². The van der Waals surface area contributed by atoms with Gasteiger partial charge in [-0.3, -0.25) is 19.3 Å². The first-order chi connectivity index (χ1) is 14.6. The molecule has 31 heavy (non-hydrogen) atoms. The number of amidine groups is 1. The van der Waals surface area contributed by atoms with Gasteiger partial charge in [-0.25, -0.2) is 8.42 Å². The maximum atomic E-state index is 13.0. The SMILES string of the molecule is CC(C)CC(=O)N1CCC(NC(=O)[C@H](N=C2NS(=O)(=O)c3ccccc32)C(C)C)CC1. The largest absolute Gasteiger partial charge is 0.351 e. The van der Waals surface area contributed by atoms with Crippen molar-refractivity contribution in [1.29, 1.82) is 0 Å². The van der Waals surface area contributed by atoms with Crippen molar-refractivity contribution in [2.45, 2.75) is 63.9 Å². The standard InChI is InChI=1S/C22H32N4O4S/c1-14(2)13-19(27)26-11-9-16(10-12-26)23-22(28)20(15(3)4)24-21-17-7-5-6-8-18(17)31(29,30)25-21/h5-8,14-16,20H,9-13H2,1-4H3,(H,23,28)(H,24,25)/t20-/m1/s1. The van der Waals surface area contributed by atoms with Crippen molar-refractivity contribution in [3.05, 3.63) is 29.8 Å². The van der Waals surface area contributed by atoms with Crippen molar-refractivity contribution in [2.24, 2.45) is 16.8 Å². The number of carbonyl (C=O) groups excluding carboxylic acids is 2. The lowest BCUT2D eigenvalue weighted by atomic mass is 10.00. The zero-order valence-corrected chi connectivity index (χ0v) is 19.4. The van der Waals surface area contributed by atoms with E-state index in [1.807, 2.05) is 32.6 Å². The van der Waals surface area contributed by atoms with Gasteiger partial charge >= 0.3 is 0 Å². The molecule has 2 N–H and O–H groups in total. The second-order valence-corrected chi connectivity index (χ2v) is 10.7. The minimum absolute atomic E-state index is 0.0235. The molecule has 2 amide bonds. The summed E-state index contributed by atoms with van der Waals surface area (Å²) in [7, 11) is -3.65. The quantitative estimate of drug-likeness (QED) is 0.693. The molecule has 2 aliphatic rings. The van der Waals surface area contributed by atoms with Crippen LogP contribution in [0.4, 0.5) is 0 Å². The van der Waals surface area contributed by atoms with Crippen LogP contribution >= 0.6 is 0 Å². The number of carbonyl (C=O) groups is 2. The van der Waals surface area contributed by atoms with Crippen LogP contribution in [0.2, 0.25) is 0 Å². The van der Waals surface area contributed by atoms with Crippen LogP contribution in [0.5, 0.6) is 0 Å². The molecule has 1 saturated heterocycles. The van der Waals surface area contributed by atoms with Gasteiger partial charge in [0.2, 0.25) is 11.8 Å². The van der Waals surface area contributed by atoms with Crippen LogP contribution in [0, 0.1) is 11.8 Å². The summed E-state index contributed by atoms with van der Waals surface area (Å²) in [6.45, 7) is 9.09. The molecule has 0 saturated carbocycles. The van der Waals surface area contributed by atoms with Gasteiger partial charge in [-0.05, 0) is 36.8 Å². The van der Waals surface area contributed by atoms with Crippen molar-refractivity contribution in [3.8, 4) is 0 Å². The molecule has 8 nitrogen and oxygen atoms in total. The number of hydrogen-bond donors (Lipinski definition) is 2. The molecule has 1 aromatic rings. The molecule has 0 bridgehead atoms. The first kappa shape index (κ1) is 23.2. The fourth-order valence-electron chi connectivity index (χ4n) is 3.92. The van der Waals surface area contributed by atoms with Gasteiger partial charge in [0.05, 0.1) is 4.90 Å². The number of hydrogen-bond acceptors (Lipinski definition) is 5. The Bertz CT molecular complexity index is 963. The van der Waals surface area contributed by atoms with Gasteiger partial charge in [0.15, 0.2) is 0 Å². The molecule has 170 valence electrons. The molecule has 2 heterocycles. The highest BCUT2D eigenvalue weighted by Gasteiger charge is 2.33. The van der Waals surface area contributed by atoms with Gasteiger partial charge < -0.3 is 10.2 Å². The van der Waals surface area contributed by atoms with E-state index in [0.717, 1.165) is 0 Å². The average Bonchev–Trinajstić information content (AvgIpc) is 2.96. The molecule has 0 radical (unpaired) electrons. The summed E-state index contributed by atoms with van der Waals surface area (Å²) in [5.41, 5.74) is 0.484. The van der Waals surface area contributed by atoms with E-state index in [2.05, 4.69) is 15.0 Å². The number of likely N-dealkylation sites (tertiary alicyclic amines) is 1. The Kier molecular flexibility index (Phi) is 7.03. The van der Waals surface area contributed by atoms with E-state index in [1.54, 1.807) is 18.2 Å². The second kappa shape index (κ2) is 9.38. The fourth-order valence-corrected chi connectivity index (χ4v) is 5.16.